The van der Waals surface area contributed by atoms with Crippen molar-refractivity contribution in [1.82, 2.24) is 4.90 Å². The summed E-state index contributed by atoms with van der Waals surface area (Å²) in [5, 5.41) is 9.75. The fraction of sp³-hybridized carbons (Fsp3) is 0.538. The van der Waals surface area contributed by atoms with Crippen LogP contribution in [-0.4, -0.2) is 37.3 Å². The molecule has 0 spiro atoms. The Morgan fingerprint density at radius 3 is 2.71 bits per heavy atom. The van der Waals surface area contributed by atoms with Crippen molar-refractivity contribution in [2.45, 2.75) is 18.9 Å². The molecule has 4 heteroatoms. The van der Waals surface area contributed by atoms with E-state index in [4.69, 9.17) is 4.74 Å². The van der Waals surface area contributed by atoms with Crippen LogP contribution in [0.15, 0.2) is 18.2 Å². The molecular weight excluding hydrogens is 238 g/mol. The molecule has 1 unspecified atom stereocenters. The Kier molecular flexibility index (Phi) is 4.42. The van der Waals surface area contributed by atoms with Gasteiger partial charge in [-0.2, -0.15) is 0 Å². The van der Waals surface area contributed by atoms with Crippen LogP contribution < -0.4 is 4.74 Å². The first kappa shape index (κ1) is 14.3. The van der Waals surface area contributed by atoms with Crippen LogP contribution >= 0.6 is 12.4 Å². The highest BCUT2D eigenvalue weighted by Crippen LogP contribution is 2.40. The molecule has 0 aromatic heterocycles. The highest BCUT2D eigenvalue weighted by Gasteiger charge is 2.39. The zero-order valence-electron chi connectivity index (χ0n) is 10.6. The third-order valence-electron chi connectivity index (χ3n) is 3.53. The predicted octanol–water partition coefficient (Wildman–Crippen LogP) is 1.95. The van der Waals surface area contributed by atoms with Crippen molar-refractivity contribution in [1.29, 1.82) is 0 Å². The first-order valence-corrected chi connectivity index (χ1v) is 5.62. The Labute approximate surface area is 109 Å². The lowest BCUT2D eigenvalue weighted by Gasteiger charge is -2.42. The summed E-state index contributed by atoms with van der Waals surface area (Å²) in [5.41, 5.74) is 2.01. The van der Waals surface area contributed by atoms with E-state index < -0.39 is 0 Å². The van der Waals surface area contributed by atoms with E-state index in [1.807, 2.05) is 26.2 Å². The van der Waals surface area contributed by atoms with Gasteiger partial charge in [-0.1, -0.05) is 17.7 Å². The lowest BCUT2D eigenvalue weighted by Crippen LogP contribution is -2.48. The van der Waals surface area contributed by atoms with E-state index in [9.17, 15) is 5.11 Å². The summed E-state index contributed by atoms with van der Waals surface area (Å²) in [5.74, 6) is 0.902. The van der Waals surface area contributed by atoms with Gasteiger partial charge in [-0.25, -0.2) is 0 Å². The largest absolute Gasteiger partial charge is 0.493 e. The number of nitrogens with zero attached hydrogens (tertiary/aromatic N) is 1. The molecule has 17 heavy (non-hydrogen) atoms. The molecule has 1 heterocycles. The third kappa shape index (κ3) is 2.28. The molecule has 1 N–H and O–H groups in total. The maximum absolute atomic E-state index is 9.75. The maximum atomic E-state index is 9.75. The van der Waals surface area contributed by atoms with E-state index in [2.05, 4.69) is 17.9 Å². The maximum Gasteiger partial charge on any atom is 0.124 e. The minimum atomic E-state index is -0.292. The van der Waals surface area contributed by atoms with E-state index >= 15 is 0 Å². The number of ether oxygens (including phenoxy) is 1. The quantitative estimate of drug-likeness (QED) is 0.879. The number of hydrogen-bond donors (Lipinski definition) is 1. The molecule has 1 aromatic carbocycles. The van der Waals surface area contributed by atoms with Gasteiger partial charge < -0.3 is 9.84 Å². The second-order valence-corrected chi connectivity index (χ2v) is 4.68. The van der Waals surface area contributed by atoms with Crippen LogP contribution in [0, 0.1) is 6.92 Å². The van der Waals surface area contributed by atoms with Gasteiger partial charge in [0.25, 0.3) is 0 Å². The standard InChI is InChI=1S/C13H19NO2.ClH/c1-10-4-5-12-11(8-10)13(9-15,14(2)3)6-7-16-12;/h4-5,8,15H,6-7,9H2,1-3H3;1H. The summed E-state index contributed by atoms with van der Waals surface area (Å²) in [6, 6.07) is 6.16. The number of fused-ring (bicyclic) bond motifs is 1. The lowest BCUT2D eigenvalue weighted by atomic mass is 9.83. The van der Waals surface area contributed by atoms with Gasteiger partial charge in [0.2, 0.25) is 0 Å². The predicted molar refractivity (Wildman–Crippen MR) is 71.0 cm³/mol. The molecular formula is C13H20ClNO2. The fourth-order valence-corrected chi connectivity index (χ4v) is 2.37. The summed E-state index contributed by atoms with van der Waals surface area (Å²) in [6.45, 7) is 2.85. The van der Waals surface area contributed by atoms with Gasteiger partial charge in [0.05, 0.1) is 18.8 Å². The van der Waals surface area contributed by atoms with Crippen LogP contribution in [0.4, 0.5) is 0 Å². The Morgan fingerprint density at radius 2 is 2.12 bits per heavy atom. The van der Waals surface area contributed by atoms with Gasteiger partial charge in [-0.05, 0) is 27.1 Å². The van der Waals surface area contributed by atoms with Gasteiger partial charge in [-0.15, -0.1) is 12.4 Å². The average molecular weight is 258 g/mol. The Balaban J connectivity index is 0.00000144. The number of rotatable bonds is 2. The monoisotopic (exact) mass is 257 g/mol. The van der Waals surface area contributed by atoms with Gasteiger partial charge in [0.1, 0.15) is 5.75 Å². The molecule has 0 aliphatic carbocycles. The summed E-state index contributed by atoms with van der Waals surface area (Å²) >= 11 is 0. The number of aliphatic hydroxyl groups excluding tert-OH is 1. The van der Waals surface area contributed by atoms with Gasteiger partial charge in [0.15, 0.2) is 0 Å². The summed E-state index contributed by atoms with van der Waals surface area (Å²) in [6.07, 6.45) is 0.826. The minimum absolute atomic E-state index is 0. The van der Waals surface area contributed by atoms with E-state index in [1.165, 1.54) is 5.56 Å². The normalized spacial score (nSPS) is 22.6. The molecule has 1 aromatic rings. The Morgan fingerprint density at radius 1 is 1.41 bits per heavy atom. The molecule has 0 fully saturated rings. The second-order valence-electron chi connectivity index (χ2n) is 4.68. The molecule has 96 valence electrons. The van der Waals surface area contributed by atoms with Crippen molar-refractivity contribution in [2.24, 2.45) is 0 Å². The van der Waals surface area contributed by atoms with Crippen molar-refractivity contribution >= 4 is 12.4 Å². The SMILES string of the molecule is Cc1ccc2c(c1)C(CO)(N(C)C)CCO2.Cl. The molecule has 3 nitrogen and oxygen atoms in total. The lowest BCUT2D eigenvalue weighted by molar-refractivity contribution is 0.0282. The molecule has 0 saturated heterocycles. The van der Waals surface area contributed by atoms with Crippen molar-refractivity contribution in [3.8, 4) is 5.75 Å². The number of likely N-dealkylation sites (N-methyl/N-ethyl adjacent to an activating group) is 1. The Bertz CT molecular complexity index is 395. The molecule has 1 atom stereocenters. The number of benzene rings is 1. The zero-order valence-corrected chi connectivity index (χ0v) is 11.4. The molecule has 1 aliphatic heterocycles. The van der Waals surface area contributed by atoms with Crippen molar-refractivity contribution < 1.29 is 9.84 Å². The first-order chi connectivity index (χ1) is 7.60. The van der Waals surface area contributed by atoms with Crippen LogP contribution in [0.3, 0.4) is 0 Å². The number of hydrogen-bond acceptors (Lipinski definition) is 3. The van der Waals surface area contributed by atoms with E-state index in [0.29, 0.717) is 6.61 Å². The highest BCUT2D eigenvalue weighted by atomic mass is 35.5. The molecule has 0 saturated carbocycles. The summed E-state index contributed by atoms with van der Waals surface area (Å²) < 4.78 is 5.65. The summed E-state index contributed by atoms with van der Waals surface area (Å²) in [4.78, 5) is 2.09. The molecule has 2 rings (SSSR count). The van der Waals surface area contributed by atoms with Crippen LogP contribution in [0.2, 0.25) is 0 Å². The highest BCUT2D eigenvalue weighted by molar-refractivity contribution is 5.85. The summed E-state index contributed by atoms with van der Waals surface area (Å²) in [7, 11) is 4.02. The van der Waals surface area contributed by atoms with E-state index in [-0.39, 0.29) is 24.6 Å². The second kappa shape index (κ2) is 5.25. The topological polar surface area (TPSA) is 32.7 Å². The van der Waals surface area contributed by atoms with Gasteiger partial charge in [0, 0.05) is 12.0 Å². The van der Waals surface area contributed by atoms with Crippen molar-refractivity contribution in [3.63, 3.8) is 0 Å². The van der Waals surface area contributed by atoms with Crippen LogP contribution in [0.1, 0.15) is 17.5 Å². The first-order valence-electron chi connectivity index (χ1n) is 5.62. The number of aliphatic hydroxyl groups is 1. The fourth-order valence-electron chi connectivity index (χ4n) is 2.37. The molecule has 0 amide bonds. The van der Waals surface area contributed by atoms with Crippen LogP contribution in [0.5, 0.6) is 5.75 Å². The number of aryl methyl sites for hydroxylation is 1. The van der Waals surface area contributed by atoms with Crippen LogP contribution in [-0.2, 0) is 5.54 Å². The third-order valence-corrected chi connectivity index (χ3v) is 3.53. The minimum Gasteiger partial charge on any atom is -0.493 e. The molecule has 1 aliphatic rings. The van der Waals surface area contributed by atoms with Gasteiger partial charge in [-0.3, -0.25) is 4.90 Å². The van der Waals surface area contributed by atoms with Crippen molar-refractivity contribution in [3.05, 3.63) is 29.3 Å². The zero-order chi connectivity index (χ0) is 11.8. The number of halogens is 1. The van der Waals surface area contributed by atoms with Crippen molar-refractivity contribution in [2.75, 3.05) is 27.3 Å². The average Bonchev–Trinajstić information content (AvgIpc) is 2.27. The van der Waals surface area contributed by atoms with Crippen LogP contribution in [0.25, 0.3) is 0 Å². The molecule has 0 radical (unpaired) electrons. The smallest absolute Gasteiger partial charge is 0.124 e. The Hall–Kier alpha value is -0.770. The van der Waals surface area contributed by atoms with E-state index in [0.717, 1.165) is 17.7 Å². The molecule has 0 bridgehead atoms. The van der Waals surface area contributed by atoms with Gasteiger partial charge >= 0.3 is 0 Å². The van der Waals surface area contributed by atoms with E-state index in [1.54, 1.807) is 0 Å².